The molecule has 3 aromatic rings. The highest BCUT2D eigenvalue weighted by Gasteiger charge is 2.11. The van der Waals surface area contributed by atoms with E-state index in [1.54, 1.807) is 18.4 Å². The summed E-state index contributed by atoms with van der Waals surface area (Å²) < 4.78 is 0. The predicted molar refractivity (Wildman–Crippen MR) is 123 cm³/mol. The smallest absolute Gasteiger partial charge is 0.194 e. The van der Waals surface area contributed by atoms with Crippen molar-refractivity contribution in [1.29, 1.82) is 0 Å². The molecule has 0 atom stereocenters. The molecule has 0 aliphatic rings. The van der Waals surface area contributed by atoms with Gasteiger partial charge in [-0.2, -0.15) is 0 Å². The summed E-state index contributed by atoms with van der Waals surface area (Å²) in [5.74, 6) is 1.73. The van der Waals surface area contributed by atoms with Gasteiger partial charge in [0.25, 0.3) is 0 Å². The molecule has 0 radical (unpaired) electrons. The lowest BCUT2D eigenvalue weighted by atomic mass is 10.2. The summed E-state index contributed by atoms with van der Waals surface area (Å²) in [6.07, 6.45) is 1.87. The lowest BCUT2D eigenvalue weighted by Gasteiger charge is -2.20. The number of aryl methyl sites for hydroxylation is 2. The highest BCUT2D eigenvalue weighted by atomic mass is 127. The molecule has 0 spiro atoms. The van der Waals surface area contributed by atoms with Crippen molar-refractivity contribution in [3.05, 3.63) is 57.9 Å². The minimum Gasteiger partial charge on any atom is -0.351 e. The van der Waals surface area contributed by atoms with Crippen molar-refractivity contribution in [1.82, 2.24) is 25.2 Å². The molecule has 2 heterocycles. The number of halogens is 1. The minimum absolute atomic E-state index is 0. The maximum atomic E-state index is 4.50. The number of H-pyrrole nitrogens is 1. The van der Waals surface area contributed by atoms with Gasteiger partial charge in [-0.3, -0.25) is 4.99 Å². The number of aliphatic imine (C=N–C) groups is 1. The Morgan fingerprint density at radius 2 is 2.00 bits per heavy atom. The van der Waals surface area contributed by atoms with E-state index < -0.39 is 0 Å². The summed E-state index contributed by atoms with van der Waals surface area (Å²) in [4.78, 5) is 20.0. The van der Waals surface area contributed by atoms with Crippen LogP contribution < -0.4 is 5.32 Å². The van der Waals surface area contributed by atoms with Crippen LogP contribution in [0.1, 0.15) is 21.4 Å². The van der Waals surface area contributed by atoms with Crippen LogP contribution in [0.25, 0.3) is 11.3 Å². The van der Waals surface area contributed by atoms with E-state index in [0.717, 1.165) is 40.3 Å². The molecule has 0 aliphatic carbocycles. The topological polar surface area (TPSA) is 69.2 Å². The molecule has 3 rings (SSSR count). The first-order chi connectivity index (χ1) is 12.6. The van der Waals surface area contributed by atoms with Crippen molar-refractivity contribution in [2.24, 2.45) is 4.99 Å². The van der Waals surface area contributed by atoms with Crippen LogP contribution in [-0.4, -0.2) is 39.9 Å². The number of rotatable bonds is 5. The summed E-state index contributed by atoms with van der Waals surface area (Å²) in [5, 5.41) is 4.49. The van der Waals surface area contributed by atoms with E-state index in [1.165, 1.54) is 4.88 Å². The Hall–Kier alpha value is -1.94. The quantitative estimate of drug-likeness (QED) is 0.319. The van der Waals surface area contributed by atoms with Gasteiger partial charge in [-0.15, -0.1) is 35.3 Å². The first kappa shape index (κ1) is 21.4. The molecule has 2 N–H and O–H groups in total. The SMILES string of the molecule is CN=C(NCc1sc(C)nc1C)N(C)Cc1ncc(-c2ccccc2)[nH]1.I. The fourth-order valence-electron chi connectivity index (χ4n) is 2.79. The number of thiazole rings is 1. The van der Waals surface area contributed by atoms with Crippen molar-refractivity contribution < 1.29 is 0 Å². The van der Waals surface area contributed by atoms with E-state index >= 15 is 0 Å². The van der Waals surface area contributed by atoms with Crippen LogP contribution in [0.2, 0.25) is 0 Å². The zero-order valence-corrected chi connectivity index (χ0v) is 19.1. The van der Waals surface area contributed by atoms with Gasteiger partial charge in [-0.25, -0.2) is 9.97 Å². The van der Waals surface area contributed by atoms with E-state index in [1.807, 2.05) is 45.3 Å². The first-order valence-electron chi connectivity index (χ1n) is 8.51. The molecule has 0 fully saturated rings. The Morgan fingerprint density at radius 1 is 1.26 bits per heavy atom. The molecule has 144 valence electrons. The zero-order valence-electron chi connectivity index (χ0n) is 16.0. The van der Waals surface area contributed by atoms with Gasteiger partial charge in [0, 0.05) is 19.0 Å². The molecule has 0 saturated heterocycles. The van der Waals surface area contributed by atoms with Gasteiger partial charge in [0.05, 0.1) is 35.7 Å². The normalized spacial score (nSPS) is 11.2. The summed E-state index contributed by atoms with van der Waals surface area (Å²) in [7, 11) is 3.80. The second kappa shape index (κ2) is 9.84. The third-order valence-corrected chi connectivity index (χ3v) is 5.15. The Bertz CT molecular complexity index is 887. The number of benzene rings is 1. The second-order valence-corrected chi connectivity index (χ2v) is 7.40. The average molecular weight is 496 g/mol. The van der Waals surface area contributed by atoms with E-state index in [0.29, 0.717) is 6.54 Å². The Labute approximate surface area is 181 Å². The highest BCUT2D eigenvalue weighted by Crippen LogP contribution is 2.18. The summed E-state index contributed by atoms with van der Waals surface area (Å²) in [5.41, 5.74) is 3.23. The molecule has 1 aromatic carbocycles. The fourth-order valence-corrected chi connectivity index (χ4v) is 3.67. The second-order valence-electron chi connectivity index (χ2n) is 6.11. The minimum atomic E-state index is 0. The van der Waals surface area contributed by atoms with Gasteiger partial charge in [0.2, 0.25) is 0 Å². The summed E-state index contributed by atoms with van der Waals surface area (Å²) in [6, 6.07) is 10.2. The molecular weight excluding hydrogens is 471 g/mol. The molecule has 0 amide bonds. The van der Waals surface area contributed by atoms with Gasteiger partial charge in [0.1, 0.15) is 5.82 Å². The third-order valence-electron chi connectivity index (χ3n) is 4.08. The van der Waals surface area contributed by atoms with Crippen molar-refractivity contribution in [2.75, 3.05) is 14.1 Å². The van der Waals surface area contributed by atoms with Crippen LogP contribution in [0, 0.1) is 13.8 Å². The number of nitrogens with one attached hydrogen (secondary N) is 2. The Balaban J connectivity index is 0.00000261. The summed E-state index contributed by atoms with van der Waals surface area (Å²) in [6.45, 7) is 5.44. The number of nitrogens with zero attached hydrogens (tertiary/aromatic N) is 4. The number of hydrogen-bond acceptors (Lipinski definition) is 4. The van der Waals surface area contributed by atoms with Gasteiger partial charge in [-0.1, -0.05) is 30.3 Å². The maximum absolute atomic E-state index is 4.50. The molecule has 0 unspecified atom stereocenters. The van der Waals surface area contributed by atoms with E-state index in [-0.39, 0.29) is 24.0 Å². The van der Waals surface area contributed by atoms with Crippen LogP contribution in [0.3, 0.4) is 0 Å². The molecule has 6 nitrogen and oxygen atoms in total. The summed E-state index contributed by atoms with van der Waals surface area (Å²) >= 11 is 1.72. The van der Waals surface area contributed by atoms with Gasteiger partial charge < -0.3 is 15.2 Å². The lowest BCUT2D eigenvalue weighted by Crippen LogP contribution is -2.38. The van der Waals surface area contributed by atoms with Crippen LogP contribution in [0.15, 0.2) is 41.5 Å². The molecule has 0 bridgehead atoms. The number of guanidine groups is 1. The lowest BCUT2D eigenvalue weighted by molar-refractivity contribution is 0.464. The average Bonchev–Trinajstić information content (AvgIpc) is 3.22. The number of imidazole rings is 1. The van der Waals surface area contributed by atoms with Crippen LogP contribution in [0.5, 0.6) is 0 Å². The van der Waals surface area contributed by atoms with E-state index in [4.69, 9.17) is 0 Å². The zero-order chi connectivity index (χ0) is 18.5. The van der Waals surface area contributed by atoms with Crippen molar-refractivity contribution >= 4 is 41.3 Å². The Kier molecular flexibility index (Phi) is 7.78. The largest absolute Gasteiger partial charge is 0.351 e. The molecule has 2 aromatic heterocycles. The molecule has 0 aliphatic heterocycles. The number of aromatic nitrogens is 3. The van der Waals surface area contributed by atoms with Gasteiger partial charge in [0.15, 0.2) is 5.96 Å². The number of aromatic amines is 1. The van der Waals surface area contributed by atoms with Gasteiger partial charge in [-0.05, 0) is 19.4 Å². The van der Waals surface area contributed by atoms with Crippen molar-refractivity contribution in [2.45, 2.75) is 26.9 Å². The van der Waals surface area contributed by atoms with Crippen LogP contribution >= 0.6 is 35.3 Å². The van der Waals surface area contributed by atoms with E-state index in [9.17, 15) is 0 Å². The first-order valence-corrected chi connectivity index (χ1v) is 9.32. The standard InChI is InChI=1S/C19H24N6S.HI/c1-13-17(26-14(2)23-13)11-22-19(20-3)25(4)12-18-21-10-16(24-18)15-8-6-5-7-9-15;/h5-10H,11-12H2,1-4H3,(H,20,22)(H,21,24);1H. The van der Waals surface area contributed by atoms with Crippen LogP contribution in [0.4, 0.5) is 0 Å². The van der Waals surface area contributed by atoms with Gasteiger partial charge >= 0.3 is 0 Å². The monoisotopic (exact) mass is 496 g/mol. The maximum Gasteiger partial charge on any atom is 0.194 e. The fraction of sp³-hybridized carbons (Fsp3) is 0.316. The van der Waals surface area contributed by atoms with Crippen molar-refractivity contribution in [3.63, 3.8) is 0 Å². The molecule has 0 saturated carbocycles. The van der Waals surface area contributed by atoms with Crippen LogP contribution in [-0.2, 0) is 13.1 Å². The van der Waals surface area contributed by atoms with Crippen molar-refractivity contribution in [3.8, 4) is 11.3 Å². The molecule has 27 heavy (non-hydrogen) atoms. The highest BCUT2D eigenvalue weighted by molar-refractivity contribution is 14.0. The third kappa shape index (κ3) is 5.52. The molecule has 8 heteroatoms. The molecular formula is C19H25IN6S. The Morgan fingerprint density at radius 3 is 2.63 bits per heavy atom. The predicted octanol–water partition coefficient (Wildman–Crippen LogP) is 3.98. The number of hydrogen-bond donors (Lipinski definition) is 2. The van der Waals surface area contributed by atoms with E-state index in [2.05, 4.69) is 42.3 Å².